The lowest BCUT2D eigenvalue weighted by Gasteiger charge is -2.44. The molecular weight excluding hydrogens is 444 g/mol. The molecule has 1 amide bonds. The molecule has 4 rings (SSSR count). The van der Waals surface area contributed by atoms with Crippen LogP contribution in [0.3, 0.4) is 0 Å². The molecular formula is C32H38N2O2. The molecule has 36 heavy (non-hydrogen) atoms. The van der Waals surface area contributed by atoms with Gasteiger partial charge in [-0.3, -0.25) is 9.59 Å². The minimum absolute atomic E-state index is 0.0877. The normalized spacial score (nSPS) is 15.2. The highest BCUT2D eigenvalue weighted by Crippen LogP contribution is 2.53. The summed E-state index contributed by atoms with van der Waals surface area (Å²) in [5, 5.41) is 3.08. The van der Waals surface area contributed by atoms with Crippen molar-refractivity contribution in [3.63, 3.8) is 0 Å². The Hall–Kier alpha value is -3.40. The Morgan fingerprint density at radius 1 is 0.944 bits per heavy atom. The number of allylic oxidation sites excluding steroid dienone is 1. The summed E-state index contributed by atoms with van der Waals surface area (Å²) in [6.45, 7) is 10.5. The average molecular weight is 483 g/mol. The zero-order valence-electron chi connectivity index (χ0n) is 22.4. The van der Waals surface area contributed by atoms with E-state index in [0.29, 0.717) is 16.5 Å². The zero-order chi connectivity index (χ0) is 26.0. The van der Waals surface area contributed by atoms with Gasteiger partial charge in [-0.2, -0.15) is 0 Å². The minimum Gasteiger partial charge on any atom is -0.345 e. The summed E-state index contributed by atoms with van der Waals surface area (Å²) in [7, 11) is 1.67. The highest BCUT2D eigenvalue weighted by atomic mass is 16.2. The molecule has 4 heteroatoms. The number of amides is 1. The Bertz CT molecular complexity index is 1300. The maximum atomic E-state index is 12.9. The molecule has 1 fully saturated rings. The quantitative estimate of drug-likeness (QED) is 0.398. The van der Waals surface area contributed by atoms with Gasteiger partial charge in [-0.1, -0.05) is 73.5 Å². The van der Waals surface area contributed by atoms with Gasteiger partial charge in [-0.25, -0.2) is 0 Å². The van der Waals surface area contributed by atoms with Gasteiger partial charge in [0.05, 0.1) is 11.6 Å². The van der Waals surface area contributed by atoms with Gasteiger partial charge in [0, 0.05) is 18.8 Å². The molecule has 3 aromatic rings. The Balaban J connectivity index is 1.58. The molecule has 1 aromatic heterocycles. The number of aryl methyl sites for hydroxylation is 3. The van der Waals surface area contributed by atoms with E-state index in [2.05, 4.69) is 74.6 Å². The second-order valence-electron chi connectivity index (χ2n) is 10.6. The number of pyridine rings is 1. The van der Waals surface area contributed by atoms with Crippen LogP contribution >= 0.6 is 0 Å². The van der Waals surface area contributed by atoms with Gasteiger partial charge >= 0.3 is 0 Å². The molecule has 0 radical (unpaired) electrons. The van der Waals surface area contributed by atoms with Crippen molar-refractivity contribution < 1.29 is 4.79 Å². The molecule has 1 atom stereocenters. The van der Waals surface area contributed by atoms with Gasteiger partial charge in [0.1, 0.15) is 0 Å². The summed E-state index contributed by atoms with van der Waals surface area (Å²) in [6, 6.07) is 19.0. The second kappa shape index (κ2) is 10.3. The van der Waals surface area contributed by atoms with E-state index in [1.807, 2.05) is 6.92 Å². The fraction of sp³-hybridized carbons (Fsp3) is 0.375. The van der Waals surface area contributed by atoms with E-state index in [4.69, 9.17) is 0 Å². The maximum absolute atomic E-state index is 12.9. The topological polar surface area (TPSA) is 51.1 Å². The van der Waals surface area contributed by atoms with Crippen LogP contribution in [-0.2, 0) is 7.05 Å². The lowest BCUT2D eigenvalue weighted by molar-refractivity contribution is 0.0939. The SMILES string of the molecule is CCC1(CC)CC(=C(c2ccc(C)cc2)c2ccc([C@@H](C)NC(=O)c3cc(C)c(=O)n(C)c3)cc2)C1. The number of benzene rings is 2. The Kier molecular flexibility index (Phi) is 7.35. The van der Waals surface area contributed by atoms with Crippen molar-refractivity contribution in [2.24, 2.45) is 12.5 Å². The largest absolute Gasteiger partial charge is 0.345 e. The van der Waals surface area contributed by atoms with Gasteiger partial charge in [0.25, 0.3) is 11.5 Å². The molecule has 1 aliphatic carbocycles. The van der Waals surface area contributed by atoms with Crippen molar-refractivity contribution in [3.05, 3.63) is 110 Å². The Labute approximate surface area is 215 Å². The molecule has 0 saturated heterocycles. The van der Waals surface area contributed by atoms with Crippen LogP contribution < -0.4 is 10.9 Å². The maximum Gasteiger partial charge on any atom is 0.253 e. The van der Waals surface area contributed by atoms with E-state index >= 15 is 0 Å². The van der Waals surface area contributed by atoms with Crippen LogP contribution in [0, 0.1) is 19.3 Å². The first-order valence-corrected chi connectivity index (χ1v) is 13.0. The summed E-state index contributed by atoms with van der Waals surface area (Å²) in [6.07, 6.45) is 6.36. The fourth-order valence-electron chi connectivity index (χ4n) is 5.38. The van der Waals surface area contributed by atoms with Crippen molar-refractivity contribution in [3.8, 4) is 0 Å². The summed E-state index contributed by atoms with van der Waals surface area (Å²) in [4.78, 5) is 24.8. The summed E-state index contributed by atoms with van der Waals surface area (Å²) in [5.74, 6) is -0.183. The van der Waals surface area contributed by atoms with Crippen LogP contribution in [0.1, 0.15) is 90.7 Å². The predicted octanol–water partition coefficient (Wildman–Crippen LogP) is 6.90. The van der Waals surface area contributed by atoms with E-state index in [1.165, 1.54) is 39.7 Å². The van der Waals surface area contributed by atoms with Gasteiger partial charge in [0.2, 0.25) is 0 Å². The van der Waals surface area contributed by atoms with Crippen molar-refractivity contribution in [1.29, 1.82) is 0 Å². The molecule has 0 bridgehead atoms. The first kappa shape index (κ1) is 25.7. The van der Waals surface area contributed by atoms with Crippen LogP contribution in [0.2, 0.25) is 0 Å². The number of carbonyl (C=O) groups excluding carboxylic acids is 1. The van der Waals surface area contributed by atoms with E-state index in [1.54, 1.807) is 31.8 Å². The van der Waals surface area contributed by atoms with Crippen molar-refractivity contribution in [2.45, 2.75) is 66.3 Å². The number of hydrogen-bond donors (Lipinski definition) is 1. The fourth-order valence-corrected chi connectivity index (χ4v) is 5.38. The summed E-state index contributed by atoms with van der Waals surface area (Å²) < 4.78 is 1.45. The van der Waals surface area contributed by atoms with Crippen LogP contribution in [0.25, 0.3) is 5.57 Å². The highest BCUT2D eigenvalue weighted by molar-refractivity contribution is 5.94. The molecule has 0 unspecified atom stereocenters. The number of nitrogens with zero attached hydrogens (tertiary/aromatic N) is 1. The van der Waals surface area contributed by atoms with Gasteiger partial charge in [0.15, 0.2) is 0 Å². The van der Waals surface area contributed by atoms with E-state index in [0.717, 1.165) is 18.4 Å². The molecule has 1 aliphatic rings. The molecule has 4 nitrogen and oxygen atoms in total. The Morgan fingerprint density at radius 2 is 1.50 bits per heavy atom. The van der Waals surface area contributed by atoms with Crippen LogP contribution in [-0.4, -0.2) is 10.5 Å². The van der Waals surface area contributed by atoms with Gasteiger partial charge in [-0.05, 0) is 80.2 Å². The Morgan fingerprint density at radius 3 is 2.03 bits per heavy atom. The minimum atomic E-state index is -0.183. The third-order valence-electron chi connectivity index (χ3n) is 8.04. The summed E-state index contributed by atoms with van der Waals surface area (Å²) >= 11 is 0. The third kappa shape index (κ3) is 5.09. The van der Waals surface area contributed by atoms with E-state index in [9.17, 15) is 9.59 Å². The number of rotatable bonds is 7. The number of nitrogens with one attached hydrogen (secondary N) is 1. The van der Waals surface area contributed by atoms with E-state index < -0.39 is 0 Å². The monoisotopic (exact) mass is 482 g/mol. The second-order valence-corrected chi connectivity index (χ2v) is 10.6. The van der Waals surface area contributed by atoms with Crippen LogP contribution in [0.4, 0.5) is 0 Å². The van der Waals surface area contributed by atoms with Gasteiger partial charge in [-0.15, -0.1) is 0 Å². The number of aromatic nitrogens is 1. The van der Waals surface area contributed by atoms with Crippen molar-refractivity contribution in [1.82, 2.24) is 9.88 Å². The lowest BCUT2D eigenvalue weighted by atomic mass is 9.60. The molecule has 188 valence electrons. The molecule has 1 N–H and O–H groups in total. The van der Waals surface area contributed by atoms with E-state index in [-0.39, 0.29) is 17.5 Å². The summed E-state index contributed by atoms with van der Waals surface area (Å²) in [5.41, 5.74) is 9.13. The van der Waals surface area contributed by atoms with Crippen LogP contribution in [0.15, 0.2) is 71.2 Å². The first-order chi connectivity index (χ1) is 17.2. The molecule has 0 spiro atoms. The molecule has 0 aliphatic heterocycles. The lowest BCUT2D eigenvalue weighted by Crippen LogP contribution is -2.31. The number of carbonyl (C=O) groups is 1. The smallest absolute Gasteiger partial charge is 0.253 e. The van der Waals surface area contributed by atoms with Gasteiger partial charge < -0.3 is 9.88 Å². The molecule has 2 aromatic carbocycles. The molecule has 1 heterocycles. The number of hydrogen-bond acceptors (Lipinski definition) is 2. The molecule has 1 saturated carbocycles. The van der Waals surface area contributed by atoms with Crippen molar-refractivity contribution >= 4 is 11.5 Å². The zero-order valence-corrected chi connectivity index (χ0v) is 22.4. The van der Waals surface area contributed by atoms with Crippen molar-refractivity contribution in [2.75, 3.05) is 0 Å². The average Bonchev–Trinajstić information content (AvgIpc) is 2.85. The first-order valence-electron chi connectivity index (χ1n) is 13.0. The highest BCUT2D eigenvalue weighted by Gasteiger charge is 2.39. The van der Waals surface area contributed by atoms with Crippen LogP contribution in [0.5, 0.6) is 0 Å². The third-order valence-corrected chi connectivity index (χ3v) is 8.04. The predicted molar refractivity (Wildman–Crippen MR) is 148 cm³/mol. The standard InChI is InChI=1S/C32H38N2O2/c1-7-32(8-2)18-28(19-32)29(25-11-9-21(3)10-12-25)26-15-13-24(14-16-26)23(5)33-30(35)27-17-22(4)31(36)34(6)20-27/h9-17,20,23H,7-8,18-19H2,1-6H3,(H,33,35)/t23-/m1/s1.